The Morgan fingerprint density at radius 1 is 1.29 bits per heavy atom. The van der Waals surface area contributed by atoms with Crippen LogP contribution in [0.25, 0.3) is 0 Å². The summed E-state index contributed by atoms with van der Waals surface area (Å²) in [5.74, 6) is -0.536. The van der Waals surface area contributed by atoms with Gasteiger partial charge in [-0.05, 0) is 55.7 Å². The van der Waals surface area contributed by atoms with Crippen molar-refractivity contribution in [3.8, 4) is 0 Å². The van der Waals surface area contributed by atoms with Crippen molar-refractivity contribution in [2.24, 2.45) is 0 Å². The van der Waals surface area contributed by atoms with E-state index in [0.717, 1.165) is 31.2 Å². The monoisotopic (exact) mass is 287 g/mol. The Hall–Kier alpha value is -1.84. The van der Waals surface area contributed by atoms with Gasteiger partial charge < -0.3 is 10.1 Å². The van der Waals surface area contributed by atoms with Gasteiger partial charge in [0.1, 0.15) is 0 Å². The van der Waals surface area contributed by atoms with Gasteiger partial charge in [0.05, 0.1) is 6.42 Å². The van der Waals surface area contributed by atoms with Crippen LogP contribution in [-0.2, 0) is 33.6 Å². The number of fused-ring (bicyclic) bond motifs is 1. The number of hydrogen-bond acceptors (Lipinski definition) is 3. The number of ether oxygens (including phenoxy) is 1. The molecule has 4 nitrogen and oxygen atoms in total. The lowest BCUT2D eigenvalue weighted by Gasteiger charge is -2.13. The topological polar surface area (TPSA) is 55.4 Å². The summed E-state index contributed by atoms with van der Waals surface area (Å²) in [7, 11) is 0. The molecule has 1 fully saturated rings. The molecule has 0 saturated heterocycles. The molecule has 1 aromatic rings. The zero-order chi connectivity index (χ0) is 14.8. The maximum Gasteiger partial charge on any atom is 0.311 e. The fourth-order valence-corrected chi connectivity index (χ4v) is 2.74. The highest BCUT2D eigenvalue weighted by Gasteiger charge is 2.27. The quantitative estimate of drug-likeness (QED) is 0.842. The molecule has 0 bridgehead atoms. The van der Waals surface area contributed by atoms with Crippen LogP contribution in [-0.4, -0.2) is 24.0 Å². The maximum absolute atomic E-state index is 11.9. The number of benzene rings is 1. The van der Waals surface area contributed by atoms with Crippen molar-refractivity contribution in [3.63, 3.8) is 0 Å². The van der Waals surface area contributed by atoms with E-state index in [4.69, 9.17) is 4.74 Å². The minimum atomic E-state index is -0.715. The van der Waals surface area contributed by atoms with E-state index in [1.807, 2.05) is 6.07 Å². The lowest BCUT2D eigenvalue weighted by Crippen LogP contribution is -2.37. The molecular weight excluding hydrogens is 266 g/mol. The molecule has 3 rings (SSSR count). The van der Waals surface area contributed by atoms with E-state index in [9.17, 15) is 9.59 Å². The smallest absolute Gasteiger partial charge is 0.311 e. The maximum atomic E-state index is 11.9. The number of hydrogen-bond donors (Lipinski definition) is 1. The number of nitrogens with one attached hydrogen (secondary N) is 1. The van der Waals surface area contributed by atoms with Gasteiger partial charge in [-0.1, -0.05) is 18.2 Å². The molecule has 2 aliphatic carbocycles. The van der Waals surface area contributed by atoms with Crippen LogP contribution in [0.2, 0.25) is 0 Å². The van der Waals surface area contributed by atoms with E-state index in [0.29, 0.717) is 0 Å². The van der Waals surface area contributed by atoms with Crippen molar-refractivity contribution in [3.05, 3.63) is 34.9 Å². The first-order valence-electron chi connectivity index (χ1n) is 7.72. The third-order valence-electron chi connectivity index (χ3n) is 4.11. The van der Waals surface area contributed by atoms with E-state index in [1.54, 1.807) is 6.92 Å². The SMILES string of the molecule is C[C@H](OC(=O)Cc1ccc2c(c1)CCC2)C(=O)NC1CC1. The van der Waals surface area contributed by atoms with Gasteiger partial charge in [0.15, 0.2) is 6.10 Å². The summed E-state index contributed by atoms with van der Waals surface area (Å²) in [4.78, 5) is 23.7. The third kappa shape index (κ3) is 3.63. The molecule has 21 heavy (non-hydrogen) atoms. The van der Waals surface area contributed by atoms with Gasteiger partial charge in [-0.3, -0.25) is 9.59 Å². The fraction of sp³-hybridized carbons (Fsp3) is 0.529. The molecule has 2 aliphatic rings. The predicted molar refractivity (Wildman–Crippen MR) is 78.9 cm³/mol. The van der Waals surface area contributed by atoms with Gasteiger partial charge in [-0.25, -0.2) is 0 Å². The average Bonchev–Trinajstić information content (AvgIpc) is 3.13. The van der Waals surface area contributed by atoms with Gasteiger partial charge in [0.25, 0.3) is 5.91 Å². The zero-order valence-corrected chi connectivity index (χ0v) is 12.4. The van der Waals surface area contributed by atoms with Crippen LogP contribution in [0, 0.1) is 0 Å². The van der Waals surface area contributed by atoms with Crippen molar-refractivity contribution in [1.82, 2.24) is 5.32 Å². The first kappa shape index (κ1) is 14.1. The Kier molecular flexibility index (Phi) is 3.95. The molecule has 0 unspecified atom stereocenters. The van der Waals surface area contributed by atoms with Gasteiger partial charge in [-0.15, -0.1) is 0 Å². The molecule has 0 spiro atoms. The van der Waals surface area contributed by atoms with Gasteiger partial charge >= 0.3 is 5.97 Å². The highest BCUT2D eigenvalue weighted by molar-refractivity contribution is 5.84. The third-order valence-corrected chi connectivity index (χ3v) is 4.11. The van der Waals surface area contributed by atoms with E-state index in [2.05, 4.69) is 17.4 Å². The summed E-state index contributed by atoms with van der Waals surface area (Å²) in [6.07, 6.45) is 5.00. The largest absolute Gasteiger partial charge is 0.452 e. The van der Waals surface area contributed by atoms with Crippen molar-refractivity contribution >= 4 is 11.9 Å². The van der Waals surface area contributed by atoms with Gasteiger partial charge in [0.2, 0.25) is 0 Å². The molecule has 1 atom stereocenters. The molecule has 1 N–H and O–H groups in total. The Morgan fingerprint density at radius 3 is 2.81 bits per heavy atom. The second-order valence-electron chi connectivity index (χ2n) is 6.05. The summed E-state index contributed by atoms with van der Waals surface area (Å²) in [5, 5.41) is 2.84. The second kappa shape index (κ2) is 5.88. The predicted octanol–water partition coefficient (Wildman–Crippen LogP) is 1.93. The molecule has 1 saturated carbocycles. The van der Waals surface area contributed by atoms with E-state index in [-0.39, 0.29) is 24.3 Å². The van der Waals surface area contributed by atoms with Crippen molar-refractivity contribution in [2.45, 2.75) is 57.6 Å². The summed E-state index contributed by atoms with van der Waals surface area (Å²) >= 11 is 0. The minimum Gasteiger partial charge on any atom is -0.452 e. The minimum absolute atomic E-state index is 0.195. The molecular formula is C17H21NO3. The van der Waals surface area contributed by atoms with Crippen LogP contribution >= 0.6 is 0 Å². The summed E-state index contributed by atoms with van der Waals surface area (Å²) in [6.45, 7) is 1.62. The van der Waals surface area contributed by atoms with Gasteiger partial charge in [-0.2, -0.15) is 0 Å². The Balaban J connectivity index is 1.52. The number of aryl methyl sites for hydroxylation is 2. The molecule has 1 aromatic carbocycles. The zero-order valence-electron chi connectivity index (χ0n) is 12.4. The summed E-state index contributed by atoms with van der Waals surface area (Å²) in [5.41, 5.74) is 3.71. The van der Waals surface area contributed by atoms with Crippen LogP contribution in [0.15, 0.2) is 18.2 Å². The first-order valence-corrected chi connectivity index (χ1v) is 7.72. The molecule has 0 aromatic heterocycles. The highest BCUT2D eigenvalue weighted by atomic mass is 16.5. The summed E-state index contributed by atoms with van der Waals surface area (Å²) < 4.78 is 5.21. The number of amides is 1. The van der Waals surface area contributed by atoms with Gasteiger partial charge in [0, 0.05) is 6.04 Å². The molecule has 0 aliphatic heterocycles. The summed E-state index contributed by atoms with van der Waals surface area (Å²) in [6, 6.07) is 6.47. The lowest BCUT2D eigenvalue weighted by atomic mass is 10.0. The molecule has 1 amide bonds. The Morgan fingerprint density at radius 2 is 2.05 bits per heavy atom. The van der Waals surface area contributed by atoms with Crippen LogP contribution in [0.4, 0.5) is 0 Å². The van der Waals surface area contributed by atoms with Crippen LogP contribution < -0.4 is 5.32 Å². The van der Waals surface area contributed by atoms with E-state index < -0.39 is 6.10 Å². The van der Waals surface area contributed by atoms with Crippen LogP contribution in [0.1, 0.15) is 42.9 Å². The van der Waals surface area contributed by atoms with E-state index in [1.165, 1.54) is 17.5 Å². The average molecular weight is 287 g/mol. The molecule has 4 heteroatoms. The molecule has 112 valence electrons. The number of esters is 1. The molecule has 0 heterocycles. The van der Waals surface area contributed by atoms with E-state index >= 15 is 0 Å². The lowest BCUT2D eigenvalue weighted by molar-refractivity contribution is -0.154. The van der Waals surface area contributed by atoms with Crippen molar-refractivity contribution in [2.75, 3.05) is 0 Å². The fourth-order valence-electron chi connectivity index (χ4n) is 2.74. The Bertz CT molecular complexity index is 563. The highest BCUT2D eigenvalue weighted by Crippen LogP contribution is 2.23. The number of carbonyl (C=O) groups excluding carboxylic acids is 2. The van der Waals surface area contributed by atoms with Crippen LogP contribution in [0.5, 0.6) is 0 Å². The number of carbonyl (C=O) groups is 2. The van der Waals surface area contributed by atoms with Crippen LogP contribution in [0.3, 0.4) is 0 Å². The Labute approximate surface area is 124 Å². The normalized spacial score (nSPS) is 18.0. The number of rotatable bonds is 5. The first-order chi connectivity index (χ1) is 10.1. The van der Waals surface area contributed by atoms with Crippen molar-refractivity contribution in [1.29, 1.82) is 0 Å². The standard InChI is InChI=1S/C17H21NO3/c1-11(17(20)18-15-7-8-15)21-16(19)10-12-5-6-13-3-2-4-14(13)9-12/h5-6,9,11,15H,2-4,7-8,10H2,1H3,(H,18,20)/t11-/m0/s1. The van der Waals surface area contributed by atoms with Crippen molar-refractivity contribution < 1.29 is 14.3 Å². The molecule has 0 radical (unpaired) electrons. The second-order valence-corrected chi connectivity index (χ2v) is 6.05.